The van der Waals surface area contributed by atoms with Crippen LogP contribution in [0.25, 0.3) is 0 Å². The summed E-state index contributed by atoms with van der Waals surface area (Å²) in [7, 11) is 0. The first kappa shape index (κ1) is 15.0. The molecule has 3 N–H and O–H groups in total. The highest BCUT2D eigenvalue weighted by atomic mass is 19.1. The Kier molecular flexibility index (Phi) is 3.93. The number of carbonyl (C=O) groups is 1. The smallest absolute Gasteiger partial charge is 0.251 e. The number of hydrogen-bond donors (Lipinski definition) is 2. The van der Waals surface area contributed by atoms with Gasteiger partial charge in [-0.2, -0.15) is 0 Å². The van der Waals surface area contributed by atoms with E-state index in [1.807, 2.05) is 0 Å². The van der Waals surface area contributed by atoms with Crippen LogP contribution >= 0.6 is 0 Å². The molecule has 1 heterocycles. The molecule has 1 aromatic heterocycles. The Balaban J connectivity index is 2.22. The molecule has 112 valence electrons. The van der Waals surface area contributed by atoms with Crippen LogP contribution in [0, 0.1) is 25.5 Å². The molecule has 2 rings (SSSR count). The van der Waals surface area contributed by atoms with Crippen molar-refractivity contribution in [3.05, 3.63) is 46.3 Å². The van der Waals surface area contributed by atoms with Crippen LogP contribution in [-0.2, 0) is 0 Å². The molecular weight excluding hydrogens is 280 g/mol. The molecule has 1 atom stereocenters. The quantitative estimate of drug-likeness (QED) is 0.853. The summed E-state index contributed by atoms with van der Waals surface area (Å²) in [6, 6.07) is 1.38. The van der Waals surface area contributed by atoms with Crippen LogP contribution in [0.4, 0.5) is 14.5 Å². The first-order valence-electron chi connectivity index (χ1n) is 6.29. The van der Waals surface area contributed by atoms with Crippen molar-refractivity contribution >= 4 is 11.6 Å². The van der Waals surface area contributed by atoms with Crippen LogP contribution in [0.2, 0.25) is 0 Å². The molecule has 0 radical (unpaired) electrons. The van der Waals surface area contributed by atoms with Crippen molar-refractivity contribution in [1.82, 2.24) is 10.5 Å². The van der Waals surface area contributed by atoms with Crippen molar-refractivity contribution in [1.29, 1.82) is 0 Å². The van der Waals surface area contributed by atoms with E-state index in [9.17, 15) is 13.6 Å². The second-order valence-electron chi connectivity index (χ2n) is 4.79. The van der Waals surface area contributed by atoms with Crippen molar-refractivity contribution in [3.63, 3.8) is 0 Å². The second kappa shape index (κ2) is 5.51. The van der Waals surface area contributed by atoms with Gasteiger partial charge in [-0.15, -0.1) is 0 Å². The lowest BCUT2D eigenvalue weighted by Gasteiger charge is -2.14. The van der Waals surface area contributed by atoms with Gasteiger partial charge in [0.1, 0.15) is 23.1 Å². The number of carbonyl (C=O) groups excluding carboxylic acids is 1. The maximum absolute atomic E-state index is 13.4. The van der Waals surface area contributed by atoms with Crippen molar-refractivity contribution in [3.8, 4) is 0 Å². The van der Waals surface area contributed by atoms with E-state index in [0.717, 1.165) is 17.7 Å². The van der Waals surface area contributed by atoms with Crippen LogP contribution in [0.15, 0.2) is 16.7 Å². The fraction of sp³-hybridized carbons (Fsp3) is 0.286. The Morgan fingerprint density at radius 2 is 1.90 bits per heavy atom. The zero-order valence-corrected chi connectivity index (χ0v) is 11.8. The molecular formula is C14H15F2N3O2. The summed E-state index contributed by atoms with van der Waals surface area (Å²) >= 11 is 0. The van der Waals surface area contributed by atoms with Gasteiger partial charge in [0.15, 0.2) is 0 Å². The highest BCUT2D eigenvalue weighted by molar-refractivity contribution is 5.94. The molecule has 5 nitrogen and oxygen atoms in total. The van der Waals surface area contributed by atoms with Gasteiger partial charge >= 0.3 is 0 Å². The van der Waals surface area contributed by atoms with Crippen molar-refractivity contribution in [2.24, 2.45) is 0 Å². The Morgan fingerprint density at radius 3 is 2.38 bits per heavy atom. The van der Waals surface area contributed by atoms with Crippen molar-refractivity contribution in [2.45, 2.75) is 26.8 Å². The number of nitrogens with one attached hydrogen (secondary N) is 1. The van der Waals surface area contributed by atoms with Gasteiger partial charge in [0, 0.05) is 11.1 Å². The Labute approximate surface area is 120 Å². The number of halogens is 2. The van der Waals surface area contributed by atoms with Crippen LogP contribution in [0.3, 0.4) is 0 Å². The van der Waals surface area contributed by atoms with E-state index in [4.69, 9.17) is 10.3 Å². The van der Waals surface area contributed by atoms with E-state index in [1.165, 1.54) is 0 Å². The molecule has 1 unspecified atom stereocenters. The number of nitrogens with two attached hydrogens (primary N) is 1. The lowest BCUT2D eigenvalue weighted by molar-refractivity contribution is 0.0939. The van der Waals surface area contributed by atoms with E-state index in [-0.39, 0.29) is 5.56 Å². The fourth-order valence-electron chi connectivity index (χ4n) is 2.18. The fourth-order valence-corrected chi connectivity index (χ4v) is 2.18. The maximum atomic E-state index is 13.4. The topological polar surface area (TPSA) is 81.2 Å². The van der Waals surface area contributed by atoms with Crippen molar-refractivity contribution in [2.75, 3.05) is 5.73 Å². The number of amides is 1. The predicted molar refractivity (Wildman–Crippen MR) is 72.6 cm³/mol. The first-order chi connectivity index (χ1) is 9.81. The van der Waals surface area contributed by atoms with E-state index in [2.05, 4.69) is 10.5 Å². The van der Waals surface area contributed by atoms with Crippen LogP contribution < -0.4 is 11.1 Å². The summed E-state index contributed by atoms with van der Waals surface area (Å²) in [5, 5.41) is 6.44. The molecule has 21 heavy (non-hydrogen) atoms. The summed E-state index contributed by atoms with van der Waals surface area (Å²) in [4.78, 5) is 12.1. The van der Waals surface area contributed by atoms with E-state index >= 15 is 0 Å². The number of hydrogen-bond acceptors (Lipinski definition) is 4. The lowest BCUT2D eigenvalue weighted by Crippen LogP contribution is -2.27. The van der Waals surface area contributed by atoms with E-state index in [1.54, 1.807) is 20.8 Å². The number of nitrogens with zero attached hydrogens (tertiary/aromatic N) is 1. The third-order valence-corrected chi connectivity index (χ3v) is 3.21. The van der Waals surface area contributed by atoms with Gasteiger partial charge in [0.05, 0.1) is 11.7 Å². The third kappa shape index (κ3) is 2.86. The molecule has 1 amide bonds. The standard InChI is InChI=1S/C14H15F2N3O2/c1-6(12-7(2)19-21-8(12)3)18-14(20)9-4-10(15)13(17)11(16)5-9/h4-6H,17H2,1-3H3,(H,18,20). The van der Waals surface area contributed by atoms with Gasteiger partial charge in [-0.3, -0.25) is 4.79 Å². The lowest BCUT2D eigenvalue weighted by atomic mass is 10.1. The normalized spacial score (nSPS) is 12.2. The summed E-state index contributed by atoms with van der Waals surface area (Å²) in [5.74, 6) is -1.97. The average Bonchev–Trinajstić information content (AvgIpc) is 2.74. The minimum atomic E-state index is -0.967. The number of benzene rings is 1. The van der Waals surface area contributed by atoms with Crippen LogP contribution in [0.1, 0.15) is 40.3 Å². The molecule has 0 aliphatic rings. The number of aromatic nitrogens is 1. The number of anilines is 1. The number of aryl methyl sites for hydroxylation is 2. The maximum Gasteiger partial charge on any atom is 0.251 e. The molecule has 0 fully saturated rings. The Morgan fingerprint density at radius 1 is 1.33 bits per heavy atom. The molecule has 7 heteroatoms. The van der Waals surface area contributed by atoms with Gasteiger partial charge in [0.2, 0.25) is 0 Å². The summed E-state index contributed by atoms with van der Waals surface area (Å²) < 4.78 is 31.8. The van der Waals surface area contributed by atoms with Crippen LogP contribution in [-0.4, -0.2) is 11.1 Å². The van der Waals surface area contributed by atoms with Crippen LogP contribution in [0.5, 0.6) is 0 Å². The SMILES string of the molecule is Cc1noc(C)c1C(C)NC(=O)c1cc(F)c(N)c(F)c1. The van der Waals surface area contributed by atoms with Gasteiger partial charge in [-0.25, -0.2) is 8.78 Å². The summed E-state index contributed by atoms with van der Waals surface area (Å²) in [6.07, 6.45) is 0. The molecule has 0 saturated heterocycles. The highest BCUT2D eigenvalue weighted by Crippen LogP contribution is 2.22. The average molecular weight is 295 g/mol. The van der Waals surface area contributed by atoms with E-state index in [0.29, 0.717) is 11.5 Å². The first-order valence-corrected chi connectivity index (χ1v) is 6.29. The van der Waals surface area contributed by atoms with Gasteiger partial charge < -0.3 is 15.6 Å². The molecule has 0 aliphatic carbocycles. The predicted octanol–water partition coefficient (Wildman–Crippen LogP) is 2.64. The molecule has 0 spiro atoms. The monoisotopic (exact) mass is 295 g/mol. The minimum absolute atomic E-state index is 0.141. The summed E-state index contributed by atoms with van der Waals surface area (Å²) in [6.45, 7) is 5.20. The number of rotatable bonds is 3. The minimum Gasteiger partial charge on any atom is -0.394 e. The zero-order valence-electron chi connectivity index (χ0n) is 11.8. The number of nitrogen functional groups attached to an aromatic ring is 1. The Hall–Kier alpha value is -2.44. The van der Waals surface area contributed by atoms with Crippen molar-refractivity contribution < 1.29 is 18.1 Å². The molecule has 0 aliphatic heterocycles. The molecule has 2 aromatic rings. The third-order valence-electron chi connectivity index (χ3n) is 3.21. The van der Waals surface area contributed by atoms with E-state index < -0.39 is 29.3 Å². The largest absolute Gasteiger partial charge is 0.394 e. The second-order valence-corrected chi connectivity index (χ2v) is 4.79. The highest BCUT2D eigenvalue weighted by Gasteiger charge is 2.20. The summed E-state index contributed by atoms with van der Waals surface area (Å²) in [5.41, 5.74) is 5.80. The molecule has 1 aromatic carbocycles. The van der Waals surface area contributed by atoms with Gasteiger partial charge in [0.25, 0.3) is 5.91 Å². The molecule has 0 bridgehead atoms. The zero-order chi connectivity index (χ0) is 15.7. The Bertz CT molecular complexity index is 655. The van der Waals surface area contributed by atoms with Gasteiger partial charge in [-0.1, -0.05) is 5.16 Å². The van der Waals surface area contributed by atoms with Gasteiger partial charge in [-0.05, 0) is 32.9 Å². The molecule has 0 saturated carbocycles.